The SMILES string of the molecule is CO/N=C(\C(=O)N[C@H]1C(=O)N(S(=O)(=O)[O-])[C@H]1c1ccc(Cl)cc1)c1csc(N)n1.[Na+]. The number of nitrogen functional groups attached to an aromatic ring is 1. The molecule has 0 unspecified atom stereocenters. The molecule has 0 bridgehead atoms. The number of oxime groups is 1. The molecule has 0 aliphatic carbocycles. The summed E-state index contributed by atoms with van der Waals surface area (Å²) in [5, 5.41) is 7.97. The van der Waals surface area contributed by atoms with E-state index < -0.39 is 34.2 Å². The van der Waals surface area contributed by atoms with Gasteiger partial charge in [-0.25, -0.2) is 17.7 Å². The van der Waals surface area contributed by atoms with Crippen LogP contribution in [0.4, 0.5) is 5.13 Å². The zero-order valence-corrected chi connectivity index (χ0v) is 20.0. The number of halogens is 1. The molecule has 0 spiro atoms. The number of hydrogen-bond acceptors (Lipinski definition) is 10. The molecule has 1 saturated heterocycles. The summed E-state index contributed by atoms with van der Waals surface area (Å²) in [6.07, 6.45) is 0. The second-order valence-corrected chi connectivity index (χ2v) is 8.31. The molecular formula is C15H13ClN5NaO6S2. The molecule has 0 radical (unpaired) electrons. The van der Waals surface area contributed by atoms with Crippen LogP contribution >= 0.6 is 22.9 Å². The van der Waals surface area contributed by atoms with Crippen molar-refractivity contribution in [1.29, 1.82) is 0 Å². The van der Waals surface area contributed by atoms with Crippen LogP contribution in [0.15, 0.2) is 34.8 Å². The first kappa shape index (κ1) is 24.5. The van der Waals surface area contributed by atoms with Crippen molar-refractivity contribution in [3.63, 3.8) is 0 Å². The molecule has 154 valence electrons. The molecule has 2 aromatic rings. The third-order valence-corrected chi connectivity index (χ3v) is 5.77. The first-order chi connectivity index (χ1) is 13.6. The van der Waals surface area contributed by atoms with Crippen molar-refractivity contribution in [2.24, 2.45) is 5.16 Å². The summed E-state index contributed by atoms with van der Waals surface area (Å²) in [6, 6.07) is 3.25. The van der Waals surface area contributed by atoms with Gasteiger partial charge in [0.15, 0.2) is 21.1 Å². The number of carbonyl (C=O) groups is 2. The van der Waals surface area contributed by atoms with E-state index in [9.17, 15) is 22.6 Å². The van der Waals surface area contributed by atoms with Gasteiger partial charge in [-0.1, -0.05) is 28.9 Å². The summed E-state index contributed by atoms with van der Waals surface area (Å²) in [4.78, 5) is 33.6. The van der Waals surface area contributed by atoms with Crippen molar-refractivity contribution in [1.82, 2.24) is 14.6 Å². The van der Waals surface area contributed by atoms with Gasteiger partial charge in [-0.05, 0) is 17.7 Å². The standard InChI is InChI=1S/C15H14ClN5O6S2.Na/c1-27-20-10(9-6-28-15(17)18-9)13(22)19-11-12(7-2-4-8(16)5-3-7)21(14(11)23)29(24,25)26;/h2-6,11-12H,1H3,(H2,17,18)(H,19,22)(H,24,25,26);/q;+1/p-1/b20-10-;/t11-,12+;/m1./s1. The Morgan fingerprint density at radius 1 is 1.40 bits per heavy atom. The Bertz CT molecular complexity index is 1090. The van der Waals surface area contributed by atoms with Gasteiger partial charge in [-0.2, -0.15) is 0 Å². The number of anilines is 1. The fourth-order valence-corrected chi connectivity index (χ4v) is 4.27. The minimum absolute atomic E-state index is 0. The normalized spacial score (nSPS) is 19.0. The molecule has 1 aromatic carbocycles. The average molecular weight is 482 g/mol. The maximum Gasteiger partial charge on any atom is 1.00 e. The molecular weight excluding hydrogens is 469 g/mol. The fourth-order valence-electron chi connectivity index (χ4n) is 2.74. The van der Waals surface area contributed by atoms with Crippen LogP contribution in [0.5, 0.6) is 0 Å². The van der Waals surface area contributed by atoms with Gasteiger partial charge in [0.05, 0.1) is 0 Å². The van der Waals surface area contributed by atoms with Crippen molar-refractivity contribution < 1.29 is 57.0 Å². The van der Waals surface area contributed by atoms with E-state index in [2.05, 4.69) is 20.3 Å². The van der Waals surface area contributed by atoms with Crippen LogP contribution in [0.2, 0.25) is 5.02 Å². The van der Waals surface area contributed by atoms with Crippen LogP contribution in [-0.4, -0.2) is 52.9 Å². The topological polar surface area (TPSA) is 167 Å². The van der Waals surface area contributed by atoms with E-state index in [1.807, 2.05) is 0 Å². The molecule has 1 fully saturated rings. The molecule has 0 saturated carbocycles. The summed E-state index contributed by atoms with van der Waals surface area (Å²) in [5.74, 6) is -1.94. The zero-order chi connectivity index (χ0) is 21.3. The predicted molar refractivity (Wildman–Crippen MR) is 103 cm³/mol. The molecule has 3 N–H and O–H groups in total. The van der Waals surface area contributed by atoms with E-state index in [-0.39, 0.29) is 50.4 Å². The maximum absolute atomic E-state index is 12.7. The van der Waals surface area contributed by atoms with Gasteiger partial charge in [0.1, 0.15) is 24.9 Å². The Morgan fingerprint density at radius 3 is 2.53 bits per heavy atom. The van der Waals surface area contributed by atoms with Gasteiger partial charge in [-0.15, -0.1) is 11.3 Å². The van der Waals surface area contributed by atoms with Crippen molar-refractivity contribution in [2.45, 2.75) is 12.1 Å². The second kappa shape index (κ2) is 9.60. The largest absolute Gasteiger partial charge is 1.00 e. The first-order valence-corrected chi connectivity index (χ1v) is 10.4. The summed E-state index contributed by atoms with van der Waals surface area (Å²) in [6.45, 7) is 0. The molecule has 3 rings (SSSR count). The number of aromatic nitrogens is 1. The predicted octanol–water partition coefficient (Wildman–Crippen LogP) is -2.74. The van der Waals surface area contributed by atoms with Crippen molar-refractivity contribution >= 4 is 55.9 Å². The number of benzene rings is 1. The number of hydrogen-bond donors (Lipinski definition) is 2. The monoisotopic (exact) mass is 481 g/mol. The van der Waals surface area contributed by atoms with E-state index in [0.717, 1.165) is 11.3 Å². The average Bonchev–Trinajstić information content (AvgIpc) is 3.07. The molecule has 2 amide bonds. The third kappa shape index (κ3) is 4.94. The number of nitrogens with two attached hydrogens (primary N) is 1. The molecule has 1 aromatic heterocycles. The third-order valence-electron chi connectivity index (χ3n) is 3.95. The Hall–Kier alpha value is -1.74. The van der Waals surface area contributed by atoms with Crippen LogP contribution in [0, 0.1) is 0 Å². The number of carbonyl (C=O) groups excluding carboxylic acids is 2. The second-order valence-electron chi connectivity index (χ2n) is 5.73. The van der Waals surface area contributed by atoms with Gasteiger partial charge < -0.3 is 20.4 Å². The smallest absolute Gasteiger partial charge is 0.731 e. The molecule has 1 aliphatic rings. The summed E-state index contributed by atoms with van der Waals surface area (Å²) < 4.78 is 34.7. The first-order valence-electron chi connectivity index (χ1n) is 7.81. The van der Waals surface area contributed by atoms with E-state index in [1.165, 1.54) is 36.8 Å². The molecule has 2 atom stereocenters. The Balaban J connectivity index is 0.00000320. The fraction of sp³-hybridized carbons (Fsp3) is 0.200. The summed E-state index contributed by atoms with van der Waals surface area (Å²) in [5.41, 5.74) is 5.68. The van der Waals surface area contributed by atoms with Gasteiger partial charge in [0.2, 0.25) is 0 Å². The van der Waals surface area contributed by atoms with Crippen LogP contribution in [-0.2, 0) is 24.7 Å². The van der Waals surface area contributed by atoms with Gasteiger partial charge in [0.25, 0.3) is 11.8 Å². The minimum atomic E-state index is -5.10. The number of nitrogens with zero attached hydrogens (tertiary/aromatic N) is 3. The van der Waals surface area contributed by atoms with Gasteiger partial charge in [0, 0.05) is 10.4 Å². The van der Waals surface area contributed by atoms with E-state index in [0.29, 0.717) is 10.6 Å². The maximum atomic E-state index is 12.7. The van der Waals surface area contributed by atoms with Crippen LogP contribution in [0.25, 0.3) is 0 Å². The number of nitrogens with one attached hydrogen (secondary N) is 1. The number of amides is 2. The van der Waals surface area contributed by atoms with Crippen LogP contribution < -0.4 is 40.6 Å². The van der Waals surface area contributed by atoms with Crippen LogP contribution in [0.3, 0.4) is 0 Å². The summed E-state index contributed by atoms with van der Waals surface area (Å²) in [7, 11) is -3.90. The molecule has 30 heavy (non-hydrogen) atoms. The van der Waals surface area contributed by atoms with Gasteiger partial charge in [-0.3, -0.25) is 9.59 Å². The Morgan fingerprint density at radius 2 is 2.03 bits per heavy atom. The number of rotatable bonds is 6. The van der Waals surface area contributed by atoms with E-state index >= 15 is 0 Å². The van der Waals surface area contributed by atoms with E-state index in [4.69, 9.17) is 17.3 Å². The molecule has 15 heteroatoms. The van der Waals surface area contributed by atoms with Crippen molar-refractivity contribution in [2.75, 3.05) is 12.8 Å². The van der Waals surface area contributed by atoms with Gasteiger partial charge >= 0.3 is 29.6 Å². The molecule has 1 aliphatic heterocycles. The Kier molecular flexibility index (Phi) is 7.85. The zero-order valence-electron chi connectivity index (χ0n) is 15.6. The summed E-state index contributed by atoms with van der Waals surface area (Å²) >= 11 is 6.88. The number of thiazole rings is 1. The molecule has 11 nitrogen and oxygen atoms in total. The van der Waals surface area contributed by atoms with E-state index in [1.54, 1.807) is 0 Å². The Labute approximate surface area is 202 Å². The molecule has 2 heterocycles. The van der Waals surface area contributed by atoms with Crippen molar-refractivity contribution in [3.05, 3.63) is 45.9 Å². The van der Waals surface area contributed by atoms with Crippen molar-refractivity contribution in [3.8, 4) is 0 Å². The van der Waals surface area contributed by atoms with Crippen LogP contribution in [0.1, 0.15) is 17.3 Å². The minimum Gasteiger partial charge on any atom is -0.731 e. The number of β-lactam (4-membered cyclic amide) rings is 1. The quantitative estimate of drug-likeness (QED) is 0.147.